The summed E-state index contributed by atoms with van der Waals surface area (Å²) in [6.07, 6.45) is 1.56. The van der Waals surface area contributed by atoms with Gasteiger partial charge in [-0.2, -0.15) is 0 Å². The Morgan fingerprint density at radius 3 is 2.72 bits per heavy atom. The van der Waals surface area contributed by atoms with Crippen LogP contribution in [0.2, 0.25) is 0 Å². The summed E-state index contributed by atoms with van der Waals surface area (Å²) in [4.78, 5) is 32.3. The first-order valence-corrected chi connectivity index (χ1v) is 8.37. The molecule has 134 valence electrons. The Kier molecular flexibility index (Phi) is 5.18. The zero-order valence-electron chi connectivity index (χ0n) is 14.6. The lowest BCUT2D eigenvalue weighted by Crippen LogP contribution is -2.50. The van der Waals surface area contributed by atoms with Gasteiger partial charge >= 0.3 is 6.09 Å². The Balaban J connectivity index is 1.50. The second-order valence-corrected chi connectivity index (χ2v) is 6.03. The van der Waals surface area contributed by atoms with Gasteiger partial charge in [0, 0.05) is 45.5 Å². The summed E-state index contributed by atoms with van der Waals surface area (Å²) in [5.74, 6) is -0.121. The molecule has 1 aliphatic rings. The number of fused-ring (bicyclic) bond motifs is 1. The number of ether oxygens (including phenoxy) is 1. The van der Waals surface area contributed by atoms with E-state index >= 15 is 0 Å². The molecule has 25 heavy (non-hydrogen) atoms. The Bertz CT molecular complexity index is 765. The van der Waals surface area contributed by atoms with Crippen molar-refractivity contribution in [1.29, 1.82) is 0 Å². The zero-order chi connectivity index (χ0) is 17.8. The fourth-order valence-electron chi connectivity index (χ4n) is 3.08. The molecule has 8 nitrogen and oxygen atoms in total. The molecular formula is C17H23N5O3. The molecule has 0 radical (unpaired) electrons. The summed E-state index contributed by atoms with van der Waals surface area (Å²) in [7, 11) is 1.40. The van der Waals surface area contributed by atoms with Crippen molar-refractivity contribution in [2.24, 2.45) is 0 Å². The average molecular weight is 345 g/mol. The minimum atomic E-state index is -0.281. The third-order valence-electron chi connectivity index (χ3n) is 4.44. The zero-order valence-corrected chi connectivity index (χ0v) is 14.6. The van der Waals surface area contributed by atoms with Gasteiger partial charge in [0.2, 0.25) is 0 Å². The van der Waals surface area contributed by atoms with Crippen LogP contribution >= 0.6 is 0 Å². The molecule has 8 heteroatoms. The molecule has 0 unspecified atom stereocenters. The predicted octanol–water partition coefficient (Wildman–Crippen LogP) is 0.757. The van der Waals surface area contributed by atoms with Crippen LogP contribution in [0.4, 0.5) is 4.79 Å². The number of nitrogens with one attached hydrogen (secondary N) is 1. The molecule has 1 aliphatic heterocycles. The fourth-order valence-corrected chi connectivity index (χ4v) is 3.08. The summed E-state index contributed by atoms with van der Waals surface area (Å²) in [5, 5.41) is 2.96. The van der Waals surface area contributed by atoms with E-state index in [9.17, 15) is 9.59 Å². The smallest absolute Gasteiger partial charge is 0.409 e. The first-order valence-electron chi connectivity index (χ1n) is 8.37. The van der Waals surface area contributed by atoms with Gasteiger partial charge in [0.1, 0.15) is 11.3 Å². The lowest BCUT2D eigenvalue weighted by atomic mass is 10.3. The molecule has 0 atom stereocenters. The lowest BCUT2D eigenvalue weighted by Gasteiger charge is -2.33. The van der Waals surface area contributed by atoms with E-state index < -0.39 is 0 Å². The lowest BCUT2D eigenvalue weighted by molar-refractivity contribution is 0.0882. The number of aromatic nitrogens is 2. The van der Waals surface area contributed by atoms with Gasteiger partial charge in [-0.15, -0.1) is 0 Å². The number of aryl methyl sites for hydroxylation is 1. The highest BCUT2D eigenvalue weighted by Gasteiger charge is 2.21. The van der Waals surface area contributed by atoms with Crippen molar-refractivity contribution in [1.82, 2.24) is 24.5 Å². The summed E-state index contributed by atoms with van der Waals surface area (Å²) in [6.45, 7) is 5.99. The van der Waals surface area contributed by atoms with E-state index in [1.165, 1.54) is 7.11 Å². The topological polar surface area (TPSA) is 79.2 Å². The Morgan fingerprint density at radius 1 is 1.24 bits per heavy atom. The number of amides is 2. The van der Waals surface area contributed by atoms with E-state index in [0.717, 1.165) is 31.0 Å². The summed E-state index contributed by atoms with van der Waals surface area (Å²) in [5.41, 5.74) is 2.06. The average Bonchev–Trinajstić information content (AvgIpc) is 2.97. The number of carbonyl (C=O) groups excluding carboxylic acids is 2. The number of carbonyl (C=O) groups is 2. The minimum Gasteiger partial charge on any atom is -0.453 e. The second-order valence-electron chi connectivity index (χ2n) is 6.03. The highest BCUT2D eigenvalue weighted by molar-refractivity contribution is 5.94. The molecule has 0 spiro atoms. The Labute approximate surface area is 146 Å². The minimum absolute atomic E-state index is 0.121. The van der Waals surface area contributed by atoms with Crippen LogP contribution in [0.3, 0.4) is 0 Å². The fraction of sp³-hybridized carbons (Fsp3) is 0.471. The van der Waals surface area contributed by atoms with Crippen molar-refractivity contribution in [3.05, 3.63) is 35.8 Å². The van der Waals surface area contributed by atoms with Gasteiger partial charge in [0.15, 0.2) is 0 Å². The van der Waals surface area contributed by atoms with Crippen molar-refractivity contribution >= 4 is 17.6 Å². The molecule has 1 saturated heterocycles. The number of methoxy groups -OCH3 is 1. The third kappa shape index (κ3) is 3.74. The molecule has 1 N–H and O–H groups in total. The van der Waals surface area contributed by atoms with Crippen LogP contribution in [-0.2, 0) is 4.74 Å². The Hall–Kier alpha value is -2.61. The van der Waals surface area contributed by atoms with Crippen LogP contribution in [0.1, 0.15) is 16.2 Å². The van der Waals surface area contributed by atoms with Crippen LogP contribution in [0.5, 0.6) is 0 Å². The first-order chi connectivity index (χ1) is 12.1. The molecule has 0 saturated carbocycles. The number of piperazine rings is 1. The van der Waals surface area contributed by atoms with Crippen LogP contribution in [0.25, 0.3) is 5.65 Å². The largest absolute Gasteiger partial charge is 0.453 e. The van der Waals surface area contributed by atoms with Crippen LogP contribution in [0, 0.1) is 6.92 Å². The van der Waals surface area contributed by atoms with E-state index in [4.69, 9.17) is 4.74 Å². The van der Waals surface area contributed by atoms with Gasteiger partial charge in [-0.25, -0.2) is 9.78 Å². The van der Waals surface area contributed by atoms with Crippen LogP contribution < -0.4 is 5.32 Å². The van der Waals surface area contributed by atoms with Crippen molar-refractivity contribution in [2.45, 2.75) is 6.92 Å². The van der Waals surface area contributed by atoms with E-state index in [-0.39, 0.29) is 12.0 Å². The molecule has 0 aromatic carbocycles. The van der Waals surface area contributed by atoms with Crippen LogP contribution in [0.15, 0.2) is 24.4 Å². The highest BCUT2D eigenvalue weighted by Crippen LogP contribution is 2.11. The van der Waals surface area contributed by atoms with Gasteiger partial charge < -0.3 is 15.0 Å². The third-order valence-corrected chi connectivity index (χ3v) is 4.44. The van der Waals surface area contributed by atoms with Gasteiger partial charge in [-0.3, -0.25) is 14.1 Å². The normalized spacial score (nSPS) is 15.4. The number of rotatable bonds is 4. The molecule has 0 bridgehead atoms. The standard InChI is InChI=1S/C17H23N5O3/c1-13-15(22-7-4-3-5-14(22)19-13)16(23)18-6-8-20-9-11-21(12-10-20)17(24)25-2/h3-5,7H,6,8-12H2,1-2H3,(H,18,23). The maximum atomic E-state index is 12.5. The molecular weight excluding hydrogens is 322 g/mol. The molecule has 0 aliphatic carbocycles. The van der Waals surface area contributed by atoms with Crippen LogP contribution in [-0.4, -0.2) is 77.6 Å². The number of pyridine rings is 1. The SMILES string of the molecule is COC(=O)N1CCN(CCNC(=O)c2c(C)nc3ccccn23)CC1. The van der Waals surface area contributed by atoms with Crippen molar-refractivity contribution in [3.8, 4) is 0 Å². The van der Waals surface area contributed by atoms with Gasteiger partial charge in [-0.1, -0.05) is 6.07 Å². The van der Waals surface area contributed by atoms with Crippen molar-refractivity contribution < 1.29 is 14.3 Å². The maximum Gasteiger partial charge on any atom is 0.409 e. The van der Waals surface area contributed by atoms with Gasteiger partial charge in [0.05, 0.1) is 12.8 Å². The predicted molar refractivity (Wildman–Crippen MR) is 92.7 cm³/mol. The van der Waals surface area contributed by atoms with E-state index in [2.05, 4.69) is 15.2 Å². The van der Waals surface area contributed by atoms with Gasteiger partial charge in [0.25, 0.3) is 5.91 Å². The van der Waals surface area contributed by atoms with Crippen molar-refractivity contribution in [2.75, 3.05) is 46.4 Å². The highest BCUT2D eigenvalue weighted by atomic mass is 16.5. The quantitative estimate of drug-likeness (QED) is 0.885. The Morgan fingerprint density at radius 2 is 2.00 bits per heavy atom. The summed E-state index contributed by atoms with van der Waals surface area (Å²) >= 11 is 0. The number of hydrogen-bond acceptors (Lipinski definition) is 5. The summed E-state index contributed by atoms with van der Waals surface area (Å²) in [6, 6.07) is 5.66. The first kappa shape index (κ1) is 17.2. The van der Waals surface area contributed by atoms with Crippen molar-refractivity contribution in [3.63, 3.8) is 0 Å². The number of hydrogen-bond donors (Lipinski definition) is 1. The number of nitrogens with zero attached hydrogens (tertiary/aromatic N) is 4. The maximum absolute atomic E-state index is 12.5. The monoisotopic (exact) mass is 345 g/mol. The molecule has 2 aromatic heterocycles. The molecule has 3 rings (SSSR count). The van der Waals surface area contributed by atoms with E-state index in [1.54, 1.807) is 9.30 Å². The van der Waals surface area contributed by atoms with Gasteiger partial charge in [-0.05, 0) is 19.1 Å². The summed E-state index contributed by atoms with van der Waals surface area (Å²) < 4.78 is 6.53. The number of imidazole rings is 1. The molecule has 2 amide bonds. The van der Waals surface area contributed by atoms with E-state index in [0.29, 0.717) is 25.3 Å². The molecule has 2 aromatic rings. The van der Waals surface area contributed by atoms with E-state index in [1.807, 2.05) is 31.3 Å². The molecule has 3 heterocycles. The molecule has 1 fully saturated rings. The second kappa shape index (κ2) is 7.52.